The molecule has 4 nitrogen and oxygen atoms in total. The molecule has 0 bridgehead atoms. The minimum atomic E-state index is -0.837. The number of carbonyl (C=O) groups excluding carboxylic acids is 1. The number of halogens is 1. The fourth-order valence-electron chi connectivity index (χ4n) is 1.34. The summed E-state index contributed by atoms with van der Waals surface area (Å²) in [5.74, 6) is -0.986. The Labute approximate surface area is 105 Å². The number of benzene rings is 1. The fourth-order valence-corrected chi connectivity index (χ4v) is 1.52. The summed E-state index contributed by atoms with van der Waals surface area (Å²) in [6, 6.07) is 6.98. The van der Waals surface area contributed by atoms with Crippen LogP contribution in [0.2, 0.25) is 5.02 Å². The quantitative estimate of drug-likeness (QED) is 0.768. The summed E-state index contributed by atoms with van der Waals surface area (Å²) in [5.41, 5.74) is 0.581. The highest BCUT2D eigenvalue weighted by atomic mass is 35.5. The Balaban J connectivity index is 2.30. The van der Waals surface area contributed by atoms with Crippen LogP contribution in [0.25, 0.3) is 0 Å². The summed E-state index contributed by atoms with van der Waals surface area (Å²) in [6.45, 7) is 0. The second kappa shape index (κ2) is 6.91. The number of unbranched alkanes of at least 4 members (excludes halogenated alkanes) is 1. The Bertz CT molecular complexity index is 406. The molecule has 1 rings (SSSR count). The lowest BCUT2D eigenvalue weighted by Crippen LogP contribution is -2.11. The van der Waals surface area contributed by atoms with Gasteiger partial charge in [0.25, 0.3) is 0 Å². The van der Waals surface area contributed by atoms with Crippen molar-refractivity contribution < 1.29 is 14.7 Å². The molecule has 0 unspecified atom stereocenters. The number of hydrogen-bond donors (Lipinski definition) is 2. The Kier molecular flexibility index (Phi) is 5.49. The summed E-state index contributed by atoms with van der Waals surface area (Å²) in [4.78, 5) is 21.8. The molecule has 0 atom stereocenters. The first-order chi connectivity index (χ1) is 8.09. The van der Waals surface area contributed by atoms with E-state index in [2.05, 4.69) is 5.32 Å². The van der Waals surface area contributed by atoms with Gasteiger partial charge in [0.1, 0.15) is 0 Å². The second-order valence-electron chi connectivity index (χ2n) is 3.63. The van der Waals surface area contributed by atoms with Gasteiger partial charge in [-0.05, 0) is 25.0 Å². The summed E-state index contributed by atoms with van der Waals surface area (Å²) in [6.07, 6.45) is 1.46. The van der Waals surface area contributed by atoms with Crippen molar-refractivity contribution in [1.82, 2.24) is 0 Å². The zero-order valence-electron chi connectivity index (χ0n) is 9.28. The lowest BCUT2D eigenvalue weighted by atomic mass is 10.2. The van der Waals surface area contributed by atoms with Gasteiger partial charge in [-0.15, -0.1) is 0 Å². The molecule has 1 amide bonds. The Hall–Kier alpha value is -1.55. The van der Waals surface area contributed by atoms with Crippen molar-refractivity contribution in [2.24, 2.45) is 0 Å². The van der Waals surface area contributed by atoms with E-state index < -0.39 is 5.97 Å². The van der Waals surface area contributed by atoms with Crippen molar-refractivity contribution in [3.63, 3.8) is 0 Å². The number of nitrogens with one attached hydrogen (secondary N) is 1. The maximum Gasteiger partial charge on any atom is 0.303 e. The zero-order valence-corrected chi connectivity index (χ0v) is 10.0. The molecule has 5 heteroatoms. The standard InChI is InChI=1S/C12H14ClNO3/c13-9-5-1-2-6-10(9)14-11(15)7-3-4-8-12(16)17/h1-2,5-6H,3-4,7-8H2,(H,14,15)(H,16,17). The number of hydrogen-bond acceptors (Lipinski definition) is 2. The number of rotatable bonds is 6. The van der Waals surface area contributed by atoms with Crippen molar-refractivity contribution >= 4 is 29.2 Å². The van der Waals surface area contributed by atoms with Gasteiger partial charge in [-0.1, -0.05) is 23.7 Å². The third kappa shape index (κ3) is 5.36. The van der Waals surface area contributed by atoms with E-state index in [1.165, 1.54) is 0 Å². The lowest BCUT2D eigenvalue weighted by molar-refractivity contribution is -0.137. The van der Waals surface area contributed by atoms with Gasteiger partial charge in [0.15, 0.2) is 0 Å². The first-order valence-electron chi connectivity index (χ1n) is 5.36. The highest BCUT2D eigenvalue weighted by Gasteiger charge is 2.05. The second-order valence-corrected chi connectivity index (χ2v) is 4.04. The number of carboxylic acids is 1. The minimum Gasteiger partial charge on any atom is -0.481 e. The molecular weight excluding hydrogens is 242 g/mol. The average molecular weight is 256 g/mol. The van der Waals surface area contributed by atoms with Crippen LogP contribution >= 0.6 is 11.6 Å². The predicted molar refractivity (Wildman–Crippen MR) is 66.2 cm³/mol. The molecule has 0 radical (unpaired) electrons. The topological polar surface area (TPSA) is 66.4 Å². The normalized spacial score (nSPS) is 9.94. The van der Waals surface area contributed by atoms with Crippen molar-refractivity contribution in [2.45, 2.75) is 25.7 Å². The van der Waals surface area contributed by atoms with Gasteiger partial charge in [-0.25, -0.2) is 0 Å². The zero-order chi connectivity index (χ0) is 12.7. The molecule has 1 aromatic rings. The molecule has 0 aliphatic carbocycles. The third-order valence-corrected chi connectivity index (χ3v) is 2.52. The van der Waals surface area contributed by atoms with Crippen LogP contribution in [-0.2, 0) is 9.59 Å². The van der Waals surface area contributed by atoms with Crippen molar-refractivity contribution in [1.29, 1.82) is 0 Å². The monoisotopic (exact) mass is 255 g/mol. The summed E-state index contributed by atoms with van der Waals surface area (Å²) in [7, 11) is 0. The molecule has 0 heterocycles. The lowest BCUT2D eigenvalue weighted by Gasteiger charge is -2.06. The number of aliphatic carboxylic acids is 1. The summed E-state index contributed by atoms with van der Waals surface area (Å²) in [5, 5.41) is 11.6. The molecule has 0 aliphatic heterocycles. The van der Waals surface area contributed by atoms with E-state index >= 15 is 0 Å². The number of amides is 1. The van der Waals surface area contributed by atoms with Gasteiger partial charge in [-0.3, -0.25) is 9.59 Å². The summed E-state index contributed by atoms with van der Waals surface area (Å²) >= 11 is 5.88. The number of anilines is 1. The van der Waals surface area contributed by atoms with Gasteiger partial charge < -0.3 is 10.4 Å². The van der Waals surface area contributed by atoms with Gasteiger partial charge in [0.05, 0.1) is 10.7 Å². The number of carboxylic acid groups (broad SMARTS) is 1. The van der Waals surface area contributed by atoms with Crippen LogP contribution in [0.3, 0.4) is 0 Å². The summed E-state index contributed by atoms with van der Waals surface area (Å²) < 4.78 is 0. The molecule has 0 aromatic heterocycles. The van der Waals surface area contributed by atoms with Crippen LogP contribution in [-0.4, -0.2) is 17.0 Å². The van der Waals surface area contributed by atoms with Crippen LogP contribution < -0.4 is 5.32 Å². The molecule has 0 saturated heterocycles. The number of para-hydroxylation sites is 1. The van der Waals surface area contributed by atoms with Crippen molar-refractivity contribution in [3.05, 3.63) is 29.3 Å². The molecule has 2 N–H and O–H groups in total. The molecule has 1 aromatic carbocycles. The first-order valence-corrected chi connectivity index (χ1v) is 5.73. The van der Waals surface area contributed by atoms with E-state index in [9.17, 15) is 9.59 Å². The minimum absolute atomic E-state index is 0.0966. The highest BCUT2D eigenvalue weighted by Crippen LogP contribution is 2.20. The maximum absolute atomic E-state index is 11.5. The van der Waals surface area contributed by atoms with Crippen molar-refractivity contribution in [3.8, 4) is 0 Å². The predicted octanol–water partition coefficient (Wildman–Crippen LogP) is 2.92. The van der Waals surface area contributed by atoms with Gasteiger partial charge in [0.2, 0.25) is 5.91 Å². The molecule has 0 saturated carbocycles. The van der Waals surface area contributed by atoms with E-state index in [4.69, 9.17) is 16.7 Å². The van der Waals surface area contributed by atoms with Crippen LogP contribution in [0.5, 0.6) is 0 Å². The molecule has 92 valence electrons. The average Bonchev–Trinajstić information content (AvgIpc) is 2.27. The molecule has 17 heavy (non-hydrogen) atoms. The van der Waals surface area contributed by atoms with E-state index in [-0.39, 0.29) is 12.3 Å². The van der Waals surface area contributed by atoms with E-state index in [0.29, 0.717) is 30.0 Å². The maximum atomic E-state index is 11.5. The molecule has 0 spiro atoms. The van der Waals surface area contributed by atoms with Crippen molar-refractivity contribution in [2.75, 3.05) is 5.32 Å². The van der Waals surface area contributed by atoms with Gasteiger partial charge in [0, 0.05) is 12.8 Å². The molecule has 0 aliphatic rings. The molecule has 0 fully saturated rings. The largest absolute Gasteiger partial charge is 0.481 e. The first kappa shape index (κ1) is 13.5. The van der Waals surface area contributed by atoms with Crippen LogP contribution in [0.1, 0.15) is 25.7 Å². The Morgan fingerprint density at radius 2 is 1.82 bits per heavy atom. The third-order valence-electron chi connectivity index (χ3n) is 2.19. The smallest absolute Gasteiger partial charge is 0.303 e. The fraction of sp³-hybridized carbons (Fsp3) is 0.333. The van der Waals surface area contributed by atoms with Crippen LogP contribution in [0.15, 0.2) is 24.3 Å². The van der Waals surface area contributed by atoms with Crippen LogP contribution in [0.4, 0.5) is 5.69 Å². The van der Waals surface area contributed by atoms with E-state index in [0.717, 1.165) is 0 Å². The van der Waals surface area contributed by atoms with Crippen LogP contribution in [0, 0.1) is 0 Å². The Morgan fingerprint density at radius 3 is 2.47 bits per heavy atom. The van der Waals surface area contributed by atoms with E-state index in [1.54, 1.807) is 24.3 Å². The van der Waals surface area contributed by atoms with Gasteiger partial charge >= 0.3 is 5.97 Å². The SMILES string of the molecule is O=C(O)CCCCC(=O)Nc1ccccc1Cl. The molecular formula is C12H14ClNO3. The van der Waals surface area contributed by atoms with Gasteiger partial charge in [-0.2, -0.15) is 0 Å². The highest BCUT2D eigenvalue weighted by molar-refractivity contribution is 6.33. The number of carbonyl (C=O) groups is 2. The Morgan fingerprint density at radius 1 is 1.18 bits per heavy atom. The van der Waals surface area contributed by atoms with E-state index in [1.807, 2.05) is 0 Å².